The zero-order valence-electron chi connectivity index (χ0n) is 9.15. The normalized spacial score (nSPS) is 23.2. The second-order valence-corrected chi connectivity index (χ2v) is 5.56. The highest BCUT2D eigenvalue weighted by Crippen LogP contribution is 2.20. The summed E-state index contributed by atoms with van der Waals surface area (Å²) < 4.78 is 0. The van der Waals surface area contributed by atoms with Crippen LogP contribution in [0.15, 0.2) is 6.20 Å². The zero-order chi connectivity index (χ0) is 10.7. The molecule has 4 heteroatoms. The van der Waals surface area contributed by atoms with Crippen LogP contribution in [0, 0.1) is 5.92 Å². The second-order valence-electron chi connectivity index (χ2n) is 4.36. The summed E-state index contributed by atoms with van der Waals surface area (Å²) in [5, 5.41) is 10.1. The van der Waals surface area contributed by atoms with Crippen LogP contribution in [-0.4, -0.2) is 28.1 Å². The highest BCUT2D eigenvalue weighted by molar-refractivity contribution is 7.11. The first-order chi connectivity index (χ1) is 7.28. The van der Waals surface area contributed by atoms with E-state index in [1.54, 1.807) is 17.5 Å². The van der Waals surface area contributed by atoms with Gasteiger partial charge in [0.25, 0.3) is 0 Å². The molecule has 1 saturated heterocycles. The molecule has 0 aromatic carbocycles. The minimum Gasteiger partial charge on any atom is -0.391 e. The largest absolute Gasteiger partial charge is 0.391 e. The summed E-state index contributed by atoms with van der Waals surface area (Å²) in [5.41, 5.74) is 0. The summed E-state index contributed by atoms with van der Waals surface area (Å²) in [6.45, 7) is 5.77. The molecular formula is C11H18N2OS. The van der Waals surface area contributed by atoms with Crippen LogP contribution in [0.2, 0.25) is 0 Å². The Hall–Kier alpha value is -0.450. The first-order valence-corrected chi connectivity index (χ1v) is 6.36. The number of thiazole rings is 1. The summed E-state index contributed by atoms with van der Waals surface area (Å²) in [7, 11) is 0. The monoisotopic (exact) mass is 226 g/mol. The molecule has 1 aromatic heterocycles. The topological polar surface area (TPSA) is 36.4 Å². The van der Waals surface area contributed by atoms with Crippen molar-refractivity contribution in [3.05, 3.63) is 16.1 Å². The van der Waals surface area contributed by atoms with Gasteiger partial charge in [0.1, 0.15) is 5.01 Å². The van der Waals surface area contributed by atoms with E-state index in [1.165, 1.54) is 25.9 Å². The molecule has 0 amide bonds. The van der Waals surface area contributed by atoms with E-state index in [0.29, 0.717) is 0 Å². The van der Waals surface area contributed by atoms with Crippen molar-refractivity contribution >= 4 is 11.3 Å². The molecule has 0 radical (unpaired) electrons. The van der Waals surface area contributed by atoms with Crippen LogP contribution in [0.25, 0.3) is 0 Å². The Labute approximate surface area is 94.8 Å². The fraction of sp³-hybridized carbons (Fsp3) is 0.727. The number of aromatic nitrogens is 1. The Morgan fingerprint density at radius 1 is 1.67 bits per heavy atom. The lowest BCUT2D eigenvalue weighted by molar-refractivity contribution is 0.176. The van der Waals surface area contributed by atoms with Crippen molar-refractivity contribution in [1.82, 2.24) is 9.88 Å². The lowest BCUT2D eigenvalue weighted by atomic mass is 10.0. The van der Waals surface area contributed by atoms with E-state index in [9.17, 15) is 0 Å². The van der Waals surface area contributed by atoms with Crippen LogP contribution < -0.4 is 0 Å². The van der Waals surface area contributed by atoms with Crippen LogP contribution in [0.3, 0.4) is 0 Å². The summed E-state index contributed by atoms with van der Waals surface area (Å²) in [6, 6.07) is 0. The van der Waals surface area contributed by atoms with Crippen LogP contribution in [0.1, 0.15) is 29.7 Å². The van der Waals surface area contributed by atoms with Crippen molar-refractivity contribution in [2.75, 3.05) is 13.1 Å². The Kier molecular flexibility index (Phi) is 3.72. The highest BCUT2D eigenvalue weighted by Gasteiger charge is 2.17. The first-order valence-electron chi connectivity index (χ1n) is 5.54. The Bertz CT molecular complexity index is 313. The number of rotatable bonds is 3. The van der Waals surface area contributed by atoms with Gasteiger partial charge in [0.2, 0.25) is 0 Å². The van der Waals surface area contributed by atoms with Crippen molar-refractivity contribution in [2.45, 2.75) is 32.9 Å². The van der Waals surface area contributed by atoms with Gasteiger partial charge >= 0.3 is 0 Å². The van der Waals surface area contributed by atoms with Crippen molar-refractivity contribution < 1.29 is 5.11 Å². The molecule has 1 N–H and O–H groups in total. The van der Waals surface area contributed by atoms with E-state index in [1.807, 2.05) is 0 Å². The summed E-state index contributed by atoms with van der Waals surface area (Å²) in [5.74, 6) is 0.816. The van der Waals surface area contributed by atoms with Gasteiger partial charge < -0.3 is 5.11 Å². The Morgan fingerprint density at radius 3 is 3.20 bits per heavy atom. The number of likely N-dealkylation sites (tertiary alicyclic amines) is 1. The van der Waals surface area contributed by atoms with Crippen LogP contribution in [0.5, 0.6) is 0 Å². The van der Waals surface area contributed by atoms with Gasteiger partial charge in [-0.2, -0.15) is 0 Å². The standard InChI is InChI=1S/C11H18N2OS/c1-9-3-2-4-13(6-9)7-11-12-5-10(8-14)15-11/h5,9,14H,2-4,6-8H2,1H3. The molecule has 0 spiro atoms. The Balaban J connectivity index is 1.90. The molecule has 1 aromatic rings. The lowest BCUT2D eigenvalue weighted by Crippen LogP contribution is -2.33. The van der Waals surface area contributed by atoms with Gasteiger partial charge in [0.05, 0.1) is 18.0 Å². The van der Waals surface area contributed by atoms with Gasteiger partial charge in [-0.25, -0.2) is 4.98 Å². The van der Waals surface area contributed by atoms with E-state index in [-0.39, 0.29) is 6.61 Å². The third-order valence-corrected chi connectivity index (χ3v) is 3.82. The number of aliphatic hydroxyl groups excluding tert-OH is 1. The predicted molar refractivity (Wildman–Crippen MR) is 61.7 cm³/mol. The average molecular weight is 226 g/mol. The molecule has 15 heavy (non-hydrogen) atoms. The summed E-state index contributed by atoms with van der Waals surface area (Å²) in [4.78, 5) is 7.76. The lowest BCUT2D eigenvalue weighted by Gasteiger charge is -2.29. The van der Waals surface area contributed by atoms with E-state index in [2.05, 4.69) is 16.8 Å². The number of aliphatic hydroxyl groups is 1. The smallest absolute Gasteiger partial charge is 0.107 e. The summed E-state index contributed by atoms with van der Waals surface area (Å²) in [6.07, 6.45) is 4.45. The van der Waals surface area contributed by atoms with Gasteiger partial charge in [-0.1, -0.05) is 6.92 Å². The number of piperidine rings is 1. The molecule has 1 aliphatic rings. The Morgan fingerprint density at radius 2 is 2.53 bits per heavy atom. The quantitative estimate of drug-likeness (QED) is 0.854. The SMILES string of the molecule is CC1CCCN(Cc2ncc(CO)s2)C1. The second kappa shape index (κ2) is 5.05. The molecule has 1 fully saturated rings. The maximum absolute atomic E-state index is 8.96. The van der Waals surface area contributed by atoms with Crippen molar-refractivity contribution in [3.63, 3.8) is 0 Å². The highest BCUT2D eigenvalue weighted by atomic mass is 32.1. The molecule has 0 bridgehead atoms. The van der Waals surface area contributed by atoms with Gasteiger partial charge in [-0.15, -0.1) is 11.3 Å². The van der Waals surface area contributed by atoms with Gasteiger partial charge in [0, 0.05) is 12.7 Å². The van der Waals surface area contributed by atoms with Crippen molar-refractivity contribution in [1.29, 1.82) is 0 Å². The maximum Gasteiger partial charge on any atom is 0.107 e. The zero-order valence-corrected chi connectivity index (χ0v) is 9.96. The van der Waals surface area contributed by atoms with Gasteiger partial charge in [-0.3, -0.25) is 4.90 Å². The van der Waals surface area contributed by atoms with Crippen LogP contribution >= 0.6 is 11.3 Å². The van der Waals surface area contributed by atoms with Crippen molar-refractivity contribution in [3.8, 4) is 0 Å². The fourth-order valence-electron chi connectivity index (χ4n) is 2.12. The molecule has 2 heterocycles. The van der Waals surface area contributed by atoms with Gasteiger partial charge in [0.15, 0.2) is 0 Å². The molecule has 0 saturated carbocycles. The fourth-order valence-corrected chi connectivity index (χ4v) is 2.94. The molecular weight excluding hydrogens is 208 g/mol. The minimum atomic E-state index is 0.119. The molecule has 3 nitrogen and oxygen atoms in total. The van der Waals surface area contributed by atoms with E-state index in [4.69, 9.17) is 5.11 Å². The first kappa shape index (κ1) is 11.0. The maximum atomic E-state index is 8.96. The van der Waals surface area contributed by atoms with E-state index >= 15 is 0 Å². The molecule has 84 valence electrons. The molecule has 2 rings (SSSR count). The van der Waals surface area contributed by atoms with Crippen LogP contribution in [-0.2, 0) is 13.2 Å². The van der Waals surface area contributed by atoms with Crippen molar-refractivity contribution in [2.24, 2.45) is 5.92 Å². The third-order valence-electron chi connectivity index (χ3n) is 2.86. The molecule has 1 atom stereocenters. The predicted octanol–water partition coefficient (Wildman–Crippen LogP) is 1.87. The number of hydrogen-bond acceptors (Lipinski definition) is 4. The van der Waals surface area contributed by atoms with Gasteiger partial charge in [-0.05, 0) is 25.3 Å². The molecule has 1 unspecified atom stereocenters. The van der Waals surface area contributed by atoms with E-state index in [0.717, 1.165) is 22.3 Å². The number of hydrogen-bond donors (Lipinski definition) is 1. The number of nitrogens with zero attached hydrogens (tertiary/aromatic N) is 2. The third kappa shape index (κ3) is 3.00. The van der Waals surface area contributed by atoms with E-state index < -0.39 is 0 Å². The molecule has 1 aliphatic heterocycles. The minimum absolute atomic E-state index is 0.119. The summed E-state index contributed by atoms with van der Waals surface area (Å²) >= 11 is 1.62. The van der Waals surface area contributed by atoms with Crippen LogP contribution in [0.4, 0.5) is 0 Å². The molecule has 0 aliphatic carbocycles. The average Bonchev–Trinajstić information content (AvgIpc) is 2.65.